The van der Waals surface area contributed by atoms with Crippen molar-refractivity contribution in [1.82, 2.24) is 0 Å². The van der Waals surface area contributed by atoms with Crippen molar-refractivity contribution in [2.24, 2.45) is 0 Å². The van der Waals surface area contributed by atoms with Crippen LogP contribution in [0.3, 0.4) is 0 Å². The molecule has 0 aliphatic rings. The lowest BCUT2D eigenvalue weighted by molar-refractivity contribution is 1.11. The van der Waals surface area contributed by atoms with Gasteiger partial charge in [-0.3, -0.25) is 0 Å². The summed E-state index contributed by atoms with van der Waals surface area (Å²) in [6.45, 7) is 2.19. The zero-order valence-corrected chi connectivity index (χ0v) is 11.5. The van der Waals surface area contributed by atoms with Crippen LogP contribution in [0.25, 0.3) is 0 Å². The number of rotatable bonds is 4. The molecule has 0 aliphatic heterocycles. The van der Waals surface area contributed by atoms with Crippen LogP contribution in [-0.4, -0.2) is 5.33 Å². The van der Waals surface area contributed by atoms with Crippen LogP contribution in [0.5, 0.6) is 0 Å². The van der Waals surface area contributed by atoms with E-state index in [4.69, 9.17) is 0 Å². The summed E-state index contributed by atoms with van der Waals surface area (Å²) in [7, 11) is 0. The van der Waals surface area contributed by atoms with Gasteiger partial charge in [0.25, 0.3) is 0 Å². The minimum atomic E-state index is 1.05. The highest BCUT2D eigenvalue weighted by atomic mass is 79.9. The lowest BCUT2D eigenvalue weighted by atomic mass is 10.1. The Morgan fingerprint density at radius 2 is 2.38 bits per heavy atom. The second-order valence-electron chi connectivity index (χ2n) is 2.90. The van der Waals surface area contributed by atoms with Crippen molar-refractivity contribution in [3.63, 3.8) is 0 Å². The summed E-state index contributed by atoms with van der Waals surface area (Å²) in [6.07, 6.45) is 4.49. The third-order valence-corrected chi connectivity index (χ3v) is 4.12. The summed E-state index contributed by atoms with van der Waals surface area (Å²) in [4.78, 5) is 1.42. The fourth-order valence-corrected chi connectivity index (χ4v) is 2.89. The maximum absolute atomic E-state index is 3.54. The van der Waals surface area contributed by atoms with Crippen LogP contribution in [0.2, 0.25) is 0 Å². The van der Waals surface area contributed by atoms with Gasteiger partial charge in [0.05, 0.1) is 0 Å². The van der Waals surface area contributed by atoms with Gasteiger partial charge in [-0.1, -0.05) is 27.6 Å². The van der Waals surface area contributed by atoms with E-state index in [9.17, 15) is 0 Å². The molecule has 0 saturated carbocycles. The maximum atomic E-state index is 3.54. The number of hydrogen-bond acceptors (Lipinski definition) is 1. The lowest BCUT2D eigenvalue weighted by Crippen LogP contribution is -1.84. The molecule has 13 heavy (non-hydrogen) atoms. The second kappa shape index (κ2) is 5.99. The van der Waals surface area contributed by atoms with Crippen LogP contribution in [0.15, 0.2) is 27.6 Å². The van der Waals surface area contributed by atoms with Gasteiger partial charge in [-0.25, -0.2) is 0 Å². The Morgan fingerprint density at radius 3 is 2.92 bits per heavy atom. The highest BCUT2D eigenvalue weighted by Crippen LogP contribution is 2.25. The first-order valence-corrected chi connectivity index (χ1v) is 6.97. The summed E-state index contributed by atoms with van der Waals surface area (Å²) in [5.74, 6) is 0. The smallest absolute Gasteiger partial charge is 0.0317 e. The molecule has 0 radical (unpaired) electrons. The minimum Gasteiger partial charge on any atom is -0.147 e. The molecule has 1 aromatic rings. The first kappa shape index (κ1) is 11.5. The first-order chi connectivity index (χ1) is 6.24. The molecule has 0 bridgehead atoms. The number of halogens is 2. The Balaban J connectivity index is 2.54. The van der Waals surface area contributed by atoms with E-state index in [2.05, 4.69) is 56.3 Å². The van der Waals surface area contributed by atoms with Crippen LogP contribution in [-0.2, 0) is 6.42 Å². The minimum absolute atomic E-state index is 1.05. The quantitative estimate of drug-likeness (QED) is 0.552. The molecule has 3 heteroatoms. The molecule has 0 saturated heterocycles. The predicted molar refractivity (Wildman–Crippen MR) is 67.9 cm³/mol. The van der Waals surface area contributed by atoms with Gasteiger partial charge in [0.15, 0.2) is 0 Å². The third-order valence-electron chi connectivity index (χ3n) is 1.73. The van der Waals surface area contributed by atoms with Crippen LogP contribution < -0.4 is 0 Å². The average Bonchev–Trinajstić information content (AvgIpc) is 2.48. The van der Waals surface area contributed by atoms with E-state index in [0.717, 1.165) is 18.2 Å². The van der Waals surface area contributed by atoms with Crippen molar-refractivity contribution in [2.75, 3.05) is 5.33 Å². The molecule has 0 nitrogen and oxygen atoms in total. The summed E-state index contributed by atoms with van der Waals surface area (Å²) in [6, 6.07) is 2.11. The van der Waals surface area contributed by atoms with Gasteiger partial charge in [-0.15, -0.1) is 11.3 Å². The molecule has 1 aromatic heterocycles. The van der Waals surface area contributed by atoms with Gasteiger partial charge in [0.2, 0.25) is 0 Å². The molecule has 0 atom stereocenters. The van der Waals surface area contributed by atoms with Gasteiger partial charge < -0.3 is 0 Å². The molecule has 0 aliphatic carbocycles. The Bertz CT molecular complexity index is 289. The van der Waals surface area contributed by atoms with E-state index in [-0.39, 0.29) is 0 Å². The fourth-order valence-electron chi connectivity index (χ4n) is 1.08. The summed E-state index contributed by atoms with van der Waals surface area (Å²) >= 11 is 8.77. The Kier molecular flexibility index (Phi) is 5.29. The van der Waals surface area contributed by atoms with Crippen molar-refractivity contribution in [3.8, 4) is 0 Å². The highest BCUT2D eigenvalue weighted by molar-refractivity contribution is 9.10. The molecular formula is C10H12Br2S. The van der Waals surface area contributed by atoms with Gasteiger partial charge in [0, 0.05) is 21.1 Å². The van der Waals surface area contributed by atoms with Gasteiger partial charge in [-0.05, 0) is 40.7 Å². The van der Waals surface area contributed by atoms with Crippen molar-refractivity contribution in [2.45, 2.75) is 19.8 Å². The molecule has 0 spiro atoms. The maximum Gasteiger partial charge on any atom is 0.0317 e. The van der Waals surface area contributed by atoms with Gasteiger partial charge in [0.1, 0.15) is 0 Å². The molecule has 1 heterocycles. The van der Waals surface area contributed by atoms with Crippen molar-refractivity contribution >= 4 is 43.2 Å². The van der Waals surface area contributed by atoms with Gasteiger partial charge >= 0.3 is 0 Å². The normalized spacial score (nSPS) is 12.1. The second-order valence-corrected chi connectivity index (χ2v) is 5.54. The van der Waals surface area contributed by atoms with Crippen molar-refractivity contribution in [1.29, 1.82) is 0 Å². The standard InChI is InChI=1S/C10H12Br2S/c1-8(3-2-5-11)7-10-9(12)4-6-13-10/h3-4,6H,2,5,7H2,1H3. The summed E-state index contributed by atoms with van der Waals surface area (Å²) in [5.41, 5.74) is 1.45. The molecule has 0 aromatic carbocycles. The largest absolute Gasteiger partial charge is 0.147 e. The molecule has 0 N–H and O–H groups in total. The van der Waals surface area contributed by atoms with Crippen molar-refractivity contribution < 1.29 is 0 Å². The van der Waals surface area contributed by atoms with E-state index in [0.29, 0.717) is 0 Å². The number of alkyl halides is 1. The van der Waals surface area contributed by atoms with Crippen LogP contribution in [0.1, 0.15) is 18.2 Å². The molecule has 1 rings (SSSR count). The number of thiophene rings is 1. The van der Waals surface area contributed by atoms with Crippen LogP contribution in [0.4, 0.5) is 0 Å². The summed E-state index contributed by atoms with van der Waals surface area (Å²) < 4.78 is 1.24. The first-order valence-electron chi connectivity index (χ1n) is 4.17. The molecule has 0 fully saturated rings. The van der Waals surface area contributed by atoms with E-state index < -0.39 is 0 Å². The number of allylic oxidation sites excluding steroid dienone is 2. The molecular weight excluding hydrogens is 312 g/mol. The van der Waals surface area contributed by atoms with E-state index in [1.807, 2.05) is 11.3 Å². The zero-order chi connectivity index (χ0) is 9.68. The Hall–Kier alpha value is 0.400. The molecule has 72 valence electrons. The molecule has 0 amide bonds. The monoisotopic (exact) mass is 322 g/mol. The molecule has 0 unspecified atom stereocenters. The van der Waals surface area contributed by atoms with Crippen molar-refractivity contribution in [3.05, 3.63) is 32.4 Å². The Morgan fingerprint density at radius 1 is 1.62 bits per heavy atom. The topological polar surface area (TPSA) is 0 Å². The third kappa shape index (κ3) is 3.96. The fraction of sp³-hybridized carbons (Fsp3) is 0.400. The van der Waals surface area contributed by atoms with E-state index in [1.54, 1.807) is 0 Å². The highest BCUT2D eigenvalue weighted by Gasteiger charge is 2.01. The van der Waals surface area contributed by atoms with Crippen LogP contribution in [0, 0.1) is 0 Å². The van der Waals surface area contributed by atoms with Gasteiger partial charge in [-0.2, -0.15) is 0 Å². The van der Waals surface area contributed by atoms with E-state index in [1.165, 1.54) is 14.9 Å². The summed E-state index contributed by atoms with van der Waals surface area (Å²) in [5, 5.41) is 3.17. The Labute approximate surface area is 100 Å². The lowest BCUT2D eigenvalue weighted by Gasteiger charge is -1.99. The van der Waals surface area contributed by atoms with Crippen LogP contribution >= 0.6 is 43.2 Å². The zero-order valence-electron chi connectivity index (χ0n) is 7.52. The number of hydrogen-bond donors (Lipinski definition) is 0. The SMILES string of the molecule is CC(=CCCBr)Cc1sccc1Br. The predicted octanol–water partition coefficient (Wildman–Crippen LogP) is 4.78. The van der Waals surface area contributed by atoms with E-state index >= 15 is 0 Å². The average molecular weight is 324 g/mol.